The summed E-state index contributed by atoms with van der Waals surface area (Å²) in [6.07, 6.45) is 1.74. The third-order valence-electron chi connectivity index (χ3n) is 5.25. The number of aryl methyl sites for hydroxylation is 2. The Bertz CT molecular complexity index is 1260. The first-order valence-electron chi connectivity index (χ1n) is 9.64. The quantitative estimate of drug-likeness (QED) is 0.563. The van der Waals surface area contributed by atoms with Crippen molar-refractivity contribution in [3.8, 4) is 5.69 Å². The van der Waals surface area contributed by atoms with Crippen molar-refractivity contribution in [2.45, 2.75) is 20.8 Å². The van der Waals surface area contributed by atoms with Crippen LogP contribution in [0.25, 0.3) is 11.8 Å². The van der Waals surface area contributed by atoms with Gasteiger partial charge in [-0.2, -0.15) is 0 Å². The zero-order valence-electron chi connectivity index (χ0n) is 17.2. The summed E-state index contributed by atoms with van der Waals surface area (Å²) in [4.78, 5) is 38.2. The minimum absolute atomic E-state index is 0.235. The van der Waals surface area contributed by atoms with Crippen LogP contribution in [0.15, 0.2) is 59.5 Å². The van der Waals surface area contributed by atoms with E-state index in [4.69, 9.17) is 0 Å². The molecule has 2 amide bonds. The first-order valence-corrected chi connectivity index (χ1v) is 10.5. The van der Waals surface area contributed by atoms with E-state index in [0.717, 1.165) is 40.0 Å². The Morgan fingerprint density at radius 2 is 1.71 bits per heavy atom. The highest BCUT2D eigenvalue weighted by Gasteiger charge is 2.36. The number of aromatic nitrogens is 1. The number of thioether (sulfide) groups is 1. The number of carboxylic acids is 1. The smallest absolute Gasteiger partial charge is 0.335 e. The lowest BCUT2D eigenvalue weighted by Gasteiger charge is -2.13. The third-order valence-corrected chi connectivity index (χ3v) is 6.12. The van der Waals surface area contributed by atoms with E-state index in [2.05, 4.69) is 0 Å². The number of hydrogen-bond acceptors (Lipinski definition) is 4. The van der Waals surface area contributed by atoms with E-state index in [0.29, 0.717) is 10.6 Å². The molecule has 6 nitrogen and oxygen atoms in total. The van der Waals surface area contributed by atoms with Gasteiger partial charge in [-0.05, 0) is 86.1 Å². The predicted octanol–water partition coefficient (Wildman–Crippen LogP) is 5.34. The van der Waals surface area contributed by atoms with Crippen molar-refractivity contribution in [3.05, 3.63) is 87.6 Å². The average molecular weight is 433 g/mol. The van der Waals surface area contributed by atoms with E-state index < -0.39 is 5.97 Å². The van der Waals surface area contributed by atoms with Crippen LogP contribution in [-0.2, 0) is 4.79 Å². The number of carboxylic acid groups (broad SMARTS) is 1. The molecule has 0 spiro atoms. The van der Waals surface area contributed by atoms with Crippen LogP contribution in [0.4, 0.5) is 10.5 Å². The maximum Gasteiger partial charge on any atom is 0.335 e. The number of benzene rings is 2. The van der Waals surface area contributed by atoms with Crippen molar-refractivity contribution in [2.75, 3.05) is 4.90 Å². The fourth-order valence-electron chi connectivity index (χ4n) is 3.75. The molecule has 31 heavy (non-hydrogen) atoms. The van der Waals surface area contributed by atoms with Gasteiger partial charge < -0.3 is 9.67 Å². The molecule has 0 unspecified atom stereocenters. The lowest BCUT2D eigenvalue weighted by molar-refractivity contribution is -0.113. The second-order valence-corrected chi connectivity index (χ2v) is 8.31. The number of imide groups is 1. The molecule has 156 valence electrons. The van der Waals surface area contributed by atoms with Gasteiger partial charge in [-0.1, -0.05) is 18.2 Å². The number of hydrogen-bond donors (Lipinski definition) is 1. The van der Waals surface area contributed by atoms with E-state index in [-0.39, 0.29) is 16.7 Å². The molecule has 0 saturated carbocycles. The number of amides is 2. The summed E-state index contributed by atoms with van der Waals surface area (Å²) in [5, 5.41) is 8.89. The van der Waals surface area contributed by atoms with Crippen molar-refractivity contribution in [1.29, 1.82) is 0 Å². The lowest BCUT2D eigenvalue weighted by Crippen LogP contribution is -2.27. The number of carbonyl (C=O) groups excluding carboxylic acids is 2. The first kappa shape index (κ1) is 20.7. The van der Waals surface area contributed by atoms with E-state index in [1.165, 1.54) is 4.90 Å². The number of aromatic carboxylic acids is 1. The van der Waals surface area contributed by atoms with Gasteiger partial charge in [-0.15, -0.1) is 0 Å². The van der Waals surface area contributed by atoms with Crippen LogP contribution in [0.2, 0.25) is 0 Å². The molecule has 0 atom stereocenters. The largest absolute Gasteiger partial charge is 0.478 e. The van der Waals surface area contributed by atoms with Crippen LogP contribution >= 0.6 is 11.8 Å². The first-order chi connectivity index (χ1) is 14.8. The summed E-state index contributed by atoms with van der Waals surface area (Å²) in [5.41, 5.74) is 5.16. The summed E-state index contributed by atoms with van der Waals surface area (Å²) < 4.78 is 2.02. The normalized spacial score (nSPS) is 15.2. The van der Waals surface area contributed by atoms with Crippen molar-refractivity contribution < 1.29 is 19.5 Å². The maximum absolute atomic E-state index is 12.9. The van der Waals surface area contributed by atoms with Crippen LogP contribution in [0.3, 0.4) is 0 Å². The Hall–Kier alpha value is -3.58. The fourth-order valence-corrected chi connectivity index (χ4v) is 4.58. The average Bonchev–Trinajstić information content (AvgIpc) is 3.17. The lowest BCUT2D eigenvalue weighted by atomic mass is 10.1. The Kier molecular flexibility index (Phi) is 5.29. The number of para-hydroxylation sites is 1. The monoisotopic (exact) mass is 432 g/mol. The van der Waals surface area contributed by atoms with Crippen LogP contribution < -0.4 is 4.90 Å². The van der Waals surface area contributed by atoms with Crippen LogP contribution in [0, 0.1) is 20.8 Å². The van der Waals surface area contributed by atoms with Crippen LogP contribution in [0.5, 0.6) is 0 Å². The Labute approximate surface area is 183 Å². The molecule has 0 aliphatic carbocycles. The maximum atomic E-state index is 12.9. The minimum Gasteiger partial charge on any atom is -0.478 e. The Balaban J connectivity index is 1.72. The summed E-state index contributed by atoms with van der Waals surface area (Å²) in [6.45, 7) is 5.75. The van der Waals surface area contributed by atoms with E-state index in [1.807, 2.05) is 37.5 Å². The number of anilines is 1. The van der Waals surface area contributed by atoms with Gasteiger partial charge in [0, 0.05) is 17.1 Å². The summed E-state index contributed by atoms with van der Waals surface area (Å²) in [7, 11) is 0. The Morgan fingerprint density at radius 1 is 1.00 bits per heavy atom. The highest BCUT2D eigenvalue weighted by atomic mass is 32.2. The zero-order valence-corrected chi connectivity index (χ0v) is 18.1. The SMILES string of the molecule is Cc1cc(C(=O)O)ccc1-n1c(C)cc(C=C2SC(=O)N(c3ccccc3)C2=O)c1C. The molecule has 0 radical (unpaired) electrons. The number of nitrogens with zero attached hydrogens (tertiary/aromatic N) is 2. The minimum atomic E-state index is -0.967. The summed E-state index contributed by atoms with van der Waals surface area (Å²) in [5.74, 6) is -1.31. The van der Waals surface area contributed by atoms with E-state index in [1.54, 1.807) is 48.5 Å². The highest BCUT2D eigenvalue weighted by molar-refractivity contribution is 8.19. The second kappa shape index (κ2) is 7.92. The van der Waals surface area contributed by atoms with Gasteiger partial charge in [-0.3, -0.25) is 9.59 Å². The molecular weight excluding hydrogens is 412 g/mol. The molecule has 1 aliphatic heterocycles. The molecule has 1 aliphatic rings. The van der Waals surface area contributed by atoms with Gasteiger partial charge in [0.1, 0.15) is 0 Å². The van der Waals surface area contributed by atoms with Crippen LogP contribution in [0.1, 0.15) is 32.9 Å². The fraction of sp³-hybridized carbons (Fsp3) is 0.125. The highest BCUT2D eigenvalue weighted by Crippen LogP contribution is 2.36. The summed E-state index contributed by atoms with van der Waals surface area (Å²) >= 11 is 0.923. The molecule has 1 aromatic heterocycles. The molecule has 0 bridgehead atoms. The second-order valence-electron chi connectivity index (χ2n) is 7.32. The topological polar surface area (TPSA) is 79.6 Å². The van der Waals surface area contributed by atoms with E-state index in [9.17, 15) is 19.5 Å². The van der Waals surface area contributed by atoms with Gasteiger partial charge in [0.05, 0.1) is 16.2 Å². The molecule has 2 heterocycles. The number of rotatable bonds is 4. The molecule has 1 N–H and O–H groups in total. The van der Waals surface area contributed by atoms with Crippen molar-refractivity contribution in [3.63, 3.8) is 0 Å². The zero-order chi connectivity index (χ0) is 22.3. The van der Waals surface area contributed by atoms with Crippen molar-refractivity contribution in [2.24, 2.45) is 0 Å². The van der Waals surface area contributed by atoms with Gasteiger partial charge in [0.15, 0.2) is 0 Å². The molecule has 3 aromatic rings. The van der Waals surface area contributed by atoms with Crippen LogP contribution in [-0.4, -0.2) is 26.8 Å². The van der Waals surface area contributed by atoms with Crippen molar-refractivity contribution >= 4 is 40.6 Å². The molecule has 7 heteroatoms. The molecule has 1 fully saturated rings. The van der Waals surface area contributed by atoms with Gasteiger partial charge in [0.25, 0.3) is 11.1 Å². The van der Waals surface area contributed by atoms with Gasteiger partial charge in [-0.25, -0.2) is 9.69 Å². The standard InChI is InChI=1S/C24H20N2O4S/c1-14-11-17(23(28)29)9-10-20(14)25-15(2)12-18(16(25)3)13-21-22(27)26(24(30)31-21)19-7-5-4-6-8-19/h4-13H,1-3H3,(H,28,29). The van der Waals surface area contributed by atoms with Gasteiger partial charge in [0.2, 0.25) is 0 Å². The predicted molar refractivity (Wildman–Crippen MR) is 122 cm³/mol. The molecule has 1 saturated heterocycles. The van der Waals surface area contributed by atoms with Crippen molar-refractivity contribution in [1.82, 2.24) is 4.57 Å². The van der Waals surface area contributed by atoms with E-state index >= 15 is 0 Å². The number of carbonyl (C=O) groups is 3. The Morgan fingerprint density at radius 3 is 2.35 bits per heavy atom. The molecular formula is C24H20N2O4S. The third kappa shape index (κ3) is 3.68. The van der Waals surface area contributed by atoms with Gasteiger partial charge >= 0.3 is 5.97 Å². The molecule has 2 aromatic carbocycles. The molecule has 4 rings (SSSR count). The summed E-state index contributed by atoms with van der Waals surface area (Å²) in [6, 6.07) is 15.8.